The second-order valence-electron chi connectivity index (χ2n) is 5.61. The van der Waals surface area contributed by atoms with Crippen molar-refractivity contribution in [2.75, 3.05) is 45.1 Å². The summed E-state index contributed by atoms with van der Waals surface area (Å²) in [5, 5.41) is 7.39. The fourth-order valence-electron chi connectivity index (χ4n) is 3.23. The maximum absolute atomic E-state index is 5.51. The summed E-state index contributed by atoms with van der Waals surface area (Å²) in [6.07, 6.45) is 0. The normalized spacial score (nSPS) is 27.8. The Hall–Kier alpha value is -1.92. The lowest BCUT2D eigenvalue weighted by atomic mass is 10.1. The predicted molar refractivity (Wildman–Crippen MR) is 80.0 cm³/mol. The minimum Gasteiger partial charge on any atom is -0.387 e. The molecule has 3 saturated heterocycles. The van der Waals surface area contributed by atoms with Crippen molar-refractivity contribution in [2.45, 2.75) is 6.04 Å². The van der Waals surface area contributed by atoms with E-state index in [2.05, 4.69) is 25.3 Å². The molecule has 0 spiro atoms. The molecule has 2 aromatic rings. The first-order valence-corrected chi connectivity index (χ1v) is 7.42. The number of anilines is 1. The van der Waals surface area contributed by atoms with E-state index in [0.717, 1.165) is 49.8 Å². The van der Waals surface area contributed by atoms with Crippen LogP contribution in [0.15, 0.2) is 28.8 Å². The largest absolute Gasteiger partial charge is 0.387 e. The van der Waals surface area contributed by atoms with Crippen molar-refractivity contribution in [1.82, 2.24) is 19.9 Å². The van der Waals surface area contributed by atoms with Gasteiger partial charge in [-0.2, -0.15) is 4.98 Å². The molecule has 1 aromatic heterocycles. The van der Waals surface area contributed by atoms with Gasteiger partial charge in [0.2, 0.25) is 0 Å². The van der Waals surface area contributed by atoms with Gasteiger partial charge in [0, 0.05) is 45.5 Å². The molecular weight excluding hydrogens is 266 g/mol. The summed E-state index contributed by atoms with van der Waals surface area (Å²) in [4.78, 5) is 9.58. The molecular formula is C15H19N5O. The van der Waals surface area contributed by atoms with Crippen LogP contribution in [0.3, 0.4) is 0 Å². The molecule has 0 radical (unpaired) electrons. The molecule has 110 valence electrons. The first kappa shape index (κ1) is 12.8. The second kappa shape index (κ2) is 5.13. The highest BCUT2D eigenvalue weighted by atomic mass is 16.5. The van der Waals surface area contributed by atoms with Gasteiger partial charge in [-0.15, -0.1) is 0 Å². The highest BCUT2D eigenvalue weighted by Gasteiger charge is 2.35. The van der Waals surface area contributed by atoms with Gasteiger partial charge in [0.1, 0.15) is 0 Å². The highest BCUT2D eigenvalue weighted by Crippen LogP contribution is 2.30. The van der Waals surface area contributed by atoms with E-state index in [1.54, 1.807) is 0 Å². The molecule has 0 aliphatic carbocycles. The number of nitrogens with one attached hydrogen (secondary N) is 1. The zero-order valence-corrected chi connectivity index (χ0v) is 12.1. The van der Waals surface area contributed by atoms with Crippen LogP contribution in [0.1, 0.15) is 11.9 Å². The third-order valence-electron chi connectivity index (χ3n) is 4.45. The van der Waals surface area contributed by atoms with E-state index in [4.69, 9.17) is 4.52 Å². The Kier molecular flexibility index (Phi) is 3.12. The molecule has 1 unspecified atom stereocenters. The van der Waals surface area contributed by atoms with E-state index in [1.165, 1.54) is 0 Å². The van der Waals surface area contributed by atoms with Crippen molar-refractivity contribution in [3.63, 3.8) is 0 Å². The van der Waals surface area contributed by atoms with Gasteiger partial charge in [-0.05, 0) is 12.1 Å². The molecule has 0 saturated carbocycles. The number of piperazine rings is 3. The molecule has 4 heterocycles. The molecule has 2 bridgehead atoms. The van der Waals surface area contributed by atoms with Crippen LogP contribution in [0, 0.1) is 0 Å². The quantitative estimate of drug-likeness (QED) is 0.921. The van der Waals surface area contributed by atoms with E-state index >= 15 is 0 Å². The minimum absolute atomic E-state index is 0.270. The predicted octanol–water partition coefficient (Wildman–Crippen LogP) is 1.45. The first-order chi connectivity index (χ1) is 10.3. The lowest BCUT2D eigenvalue weighted by molar-refractivity contribution is 0.00781. The third kappa shape index (κ3) is 2.20. The van der Waals surface area contributed by atoms with Crippen molar-refractivity contribution in [3.05, 3.63) is 30.1 Å². The van der Waals surface area contributed by atoms with Crippen LogP contribution < -0.4 is 5.32 Å². The van der Waals surface area contributed by atoms with Crippen LogP contribution in [0.2, 0.25) is 0 Å². The molecule has 6 nitrogen and oxygen atoms in total. The summed E-state index contributed by atoms with van der Waals surface area (Å²) in [5.41, 5.74) is 1.96. The summed E-state index contributed by atoms with van der Waals surface area (Å²) < 4.78 is 5.51. The lowest BCUT2D eigenvalue weighted by Gasteiger charge is -2.46. The standard InChI is InChI=1S/C15H19N5O/c1-16-12-5-3-2-4-11(12)15-17-14(18-21-15)13-10-19-6-8-20(13)9-7-19/h2-5,13,16H,6-10H2,1H3. The zero-order chi connectivity index (χ0) is 14.2. The number of fused-ring (bicyclic) bond motifs is 3. The van der Waals surface area contributed by atoms with Crippen LogP contribution in [-0.2, 0) is 0 Å². The van der Waals surface area contributed by atoms with Crippen molar-refractivity contribution in [1.29, 1.82) is 0 Å². The SMILES string of the molecule is CNc1ccccc1-c1nc(C2CN3CCN2CC3)no1. The van der Waals surface area contributed by atoms with Crippen molar-refractivity contribution in [2.24, 2.45) is 0 Å². The fourth-order valence-corrected chi connectivity index (χ4v) is 3.23. The minimum atomic E-state index is 0.270. The van der Waals surface area contributed by atoms with Gasteiger partial charge in [-0.3, -0.25) is 9.80 Å². The maximum atomic E-state index is 5.51. The van der Waals surface area contributed by atoms with Gasteiger partial charge in [-0.25, -0.2) is 0 Å². The molecule has 1 atom stereocenters. The number of nitrogens with zero attached hydrogens (tertiary/aromatic N) is 4. The average Bonchev–Trinajstić information content (AvgIpc) is 3.05. The fraction of sp³-hybridized carbons (Fsp3) is 0.467. The number of rotatable bonds is 3. The van der Waals surface area contributed by atoms with Crippen molar-refractivity contribution in [3.8, 4) is 11.5 Å². The summed E-state index contributed by atoms with van der Waals surface area (Å²) in [6, 6.07) is 8.26. The van der Waals surface area contributed by atoms with E-state index in [1.807, 2.05) is 31.3 Å². The van der Waals surface area contributed by atoms with Gasteiger partial charge in [0.05, 0.1) is 11.6 Å². The Morgan fingerprint density at radius 1 is 1.19 bits per heavy atom. The van der Waals surface area contributed by atoms with E-state index in [9.17, 15) is 0 Å². The lowest BCUT2D eigenvalue weighted by Crippen LogP contribution is -2.57. The smallest absolute Gasteiger partial charge is 0.260 e. The third-order valence-corrected chi connectivity index (χ3v) is 4.45. The molecule has 1 N–H and O–H groups in total. The van der Waals surface area contributed by atoms with Crippen molar-refractivity contribution >= 4 is 5.69 Å². The van der Waals surface area contributed by atoms with E-state index in [-0.39, 0.29) is 6.04 Å². The Balaban J connectivity index is 1.64. The number of hydrogen-bond acceptors (Lipinski definition) is 6. The van der Waals surface area contributed by atoms with Crippen LogP contribution in [-0.4, -0.2) is 59.7 Å². The Bertz CT molecular complexity index is 632. The van der Waals surface area contributed by atoms with Crippen LogP contribution in [0.25, 0.3) is 11.5 Å². The van der Waals surface area contributed by atoms with Crippen molar-refractivity contribution < 1.29 is 4.52 Å². The number of aromatic nitrogens is 2. The topological polar surface area (TPSA) is 57.4 Å². The molecule has 3 aliphatic rings. The summed E-state index contributed by atoms with van der Waals surface area (Å²) in [7, 11) is 1.90. The molecule has 3 aliphatic heterocycles. The molecule has 0 amide bonds. The van der Waals surface area contributed by atoms with Gasteiger partial charge in [0.25, 0.3) is 5.89 Å². The molecule has 1 aromatic carbocycles. The summed E-state index contributed by atoms with van der Waals surface area (Å²) in [5.74, 6) is 1.40. The molecule has 21 heavy (non-hydrogen) atoms. The number of para-hydroxylation sites is 1. The van der Waals surface area contributed by atoms with Gasteiger partial charge >= 0.3 is 0 Å². The average molecular weight is 285 g/mol. The summed E-state index contributed by atoms with van der Waals surface area (Å²) in [6.45, 7) is 5.52. The number of hydrogen-bond donors (Lipinski definition) is 1. The number of benzene rings is 1. The van der Waals surface area contributed by atoms with Crippen LogP contribution in [0.5, 0.6) is 0 Å². The van der Waals surface area contributed by atoms with Gasteiger partial charge in [0.15, 0.2) is 5.82 Å². The van der Waals surface area contributed by atoms with E-state index < -0.39 is 0 Å². The highest BCUT2D eigenvalue weighted by molar-refractivity contribution is 5.72. The first-order valence-electron chi connectivity index (χ1n) is 7.42. The van der Waals surface area contributed by atoms with Gasteiger partial charge < -0.3 is 9.84 Å². The maximum Gasteiger partial charge on any atom is 0.260 e. The molecule has 3 fully saturated rings. The van der Waals surface area contributed by atoms with Gasteiger partial charge in [-0.1, -0.05) is 17.3 Å². The Morgan fingerprint density at radius 3 is 2.71 bits per heavy atom. The van der Waals surface area contributed by atoms with Crippen LogP contribution >= 0.6 is 0 Å². The molecule has 6 heteroatoms. The molecule has 5 rings (SSSR count). The Labute approximate surface area is 123 Å². The monoisotopic (exact) mass is 285 g/mol. The second-order valence-corrected chi connectivity index (χ2v) is 5.61. The van der Waals surface area contributed by atoms with E-state index in [0.29, 0.717) is 5.89 Å². The van der Waals surface area contributed by atoms with Crippen LogP contribution in [0.4, 0.5) is 5.69 Å². The summed E-state index contributed by atoms with van der Waals surface area (Å²) >= 11 is 0. The zero-order valence-electron chi connectivity index (χ0n) is 12.1. The Morgan fingerprint density at radius 2 is 2.00 bits per heavy atom.